The molecule has 1 amide bonds. The summed E-state index contributed by atoms with van der Waals surface area (Å²) in [5.74, 6) is 0.203. The van der Waals surface area contributed by atoms with E-state index in [1.807, 2.05) is 0 Å². The lowest BCUT2D eigenvalue weighted by molar-refractivity contribution is -0.123. The fourth-order valence-electron chi connectivity index (χ4n) is 2.27. The molecule has 0 aliphatic carbocycles. The molecule has 2 aliphatic heterocycles. The van der Waals surface area contributed by atoms with E-state index in [-0.39, 0.29) is 24.5 Å². The molecule has 2 aliphatic rings. The fourth-order valence-corrected chi connectivity index (χ4v) is 2.27. The summed E-state index contributed by atoms with van der Waals surface area (Å²) in [7, 11) is 0. The monoisotopic (exact) mass is 230 g/mol. The quantitative estimate of drug-likeness (QED) is 0.518. The third-order valence-electron chi connectivity index (χ3n) is 2.98. The molecule has 0 saturated carbocycles. The van der Waals surface area contributed by atoms with E-state index in [2.05, 4.69) is 5.32 Å². The van der Waals surface area contributed by atoms with Crippen LogP contribution in [0.1, 0.15) is 19.3 Å². The van der Waals surface area contributed by atoms with Crippen molar-refractivity contribution in [1.29, 1.82) is 0 Å². The summed E-state index contributed by atoms with van der Waals surface area (Å²) in [6, 6.07) is -0.261. The van der Waals surface area contributed by atoms with Gasteiger partial charge in [-0.1, -0.05) is 6.42 Å². The van der Waals surface area contributed by atoms with Crippen molar-refractivity contribution in [3.05, 3.63) is 0 Å². The summed E-state index contributed by atoms with van der Waals surface area (Å²) in [6.07, 6.45) is 3.49. The molecule has 92 valence electrons. The van der Waals surface area contributed by atoms with Crippen LogP contribution < -0.4 is 11.1 Å². The zero-order chi connectivity index (χ0) is 12.0. The van der Waals surface area contributed by atoms with Gasteiger partial charge in [0.1, 0.15) is 6.04 Å². The van der Waals surface area contributed by atoms with Crippen LogP contribution in [0.25, 0.3) is 0 Å². The van der Waals surface area contributed by atoms with E-state index >= 15 is 0 Å². The Morgan fingerprint density at radius 2 is 2.19 bits per heavy atom. The molecule has 4 N–H and O–H groups in total. The maximum Gasteiger partial charge on any atom is 0.290 e. The van der Waals surface area contributed by atoms with Crippen molar-refractivity contribution < 1.29 is 19.4 Å². The Bertz CT molecular complexity index is 247. The van der Waals surface area contributed by atoms with E-state index in [1.165, 1.54) is 6.42 Å². The Kier molecular flexibility index (Phi) is 5.21. The number of carboxylic acid groups (broad SMARTS) is 1. The number of rotatable bonds is 1. The smallest absolute Gasteiger partial charge is 0.290 e. The maximum absolute atomic E-state index is 11.0. The van der Waals surface area contributed by atoms with Gasteiger partial charge in [0, 0.05) is 13.2 Å². The number of fused-ring (bicyclic) bond motifs is 1. The average molecular weight is 230 g/mol. The summed E-state index contributed by atoms with van der Waals surface area (Å²) < 4.78 is 5.64. The van der Waals surface area contributed by atoms with Crippen molar-refractivity contribution in [3.63, 3.8) is 0 Å². The second-order valence-corrected chi connectivity index (χ2v) is 3.98. The number of nitrogens with two attached hydrogens (primary N) is 1. The second kappa shape index (κ2) is 6.44. The molecular weight excluding hydrogens is 212 g/mol. The number of carbonyl (C=O) groups is 2. The number of ether oxygens (including phenoxy) is 1. The Morgan fingerprint density at radius 3 is 2.81 bits per heavy atom. The number of nitrogens with one attached hydrogen (secondary N) is 1. The first-order valence-corrected chi connectivity index (χ1v) is 5.43. The highest BCUT2D eigenvalue weighted by molar-refractivity contribution is 5.81. The minimum Gasteiger partial charge on any atom is -0.483 e. The molecule has 2 heterocycles. The SMILES string of the molecule is NC(=O)C1NCC2CCCCOC21.O=CO. The van der Waals surface area contributed by atoms with Gasteiger partial charge >= 0.3 is 0 Å². The Balaban J connectivity index is 0.000000386. The second-order valence-electron chi connectivity index (χ2n) is 3.98. The van der Waals surface area contributed by atoms with Gasteiger partial charge in [-0.3, -0.25) is 9.59 Å². The fraction of sp³-hybridized carbons (Fsp3) is 0.800. The Hall–Kier alpha value is -1.14. The number of amides is 1. The number of carbonyl (C=O) groups excluding carboxylic acids is 1. The third kappa shape index (κ3) is 3.18. The molecule has 2 saturated heterocycles. The molecule has 0 aromatic rings. The first-order valence-electron chi connectivity index (χ1n) is 5.43. The maximum atomic E-state index is 11.0. The molecule has 0 radical (unpaired) electrons. The van der Waals surface area contributed by atoms with Crippen molar-refractivity contribution in [1.82, 2.24) is 5.32 Å². The molecule has 3 atom stereocenters. The van der Waals surface area contributed by atoms with Gasteiger partial charge in [0.15, 0.2) is 0 Å². The summed E-state index contributed by atoms with van der Waals surface area (Å²) in [4.78, 5) is 19.4. The molecule has 0 aromatic heterocycles. The Labute approximate surface area is 94.1 Å². The number of hydrogen-bond acceptors (Lipinski definition) is 4. The van der Waals surface area contributed by atoms with Crippen LogP contribution in [0.2, 0.25) is 0 Å². The highest BCUT2D eigenvalue weighted by atomic mass is 16.5. The molecule has 0 bridgehead atoms. The van der Waals surface area contributed by atoms with Crippen molar-refractivity contribution in [2.45, 2.75) is 31.4 Å². The van der Waals surface area contributed by atoms with E-state index in [9.17, 15) is 4.79 Å². The molecule has 16 heavy (non-hydrogen) atoms. The molecule has 0 aromatic carbocycles. The Morgan fingerprint density at radius 1 is 1.50 bits per heavy atom. The van der Waals surface area contributed by atoms with Crippen LogP contribution in [-0.4, -0.2) is 42.8 Å². The van der Waals surface area contributed by atoms with Gasteiger partial charge < -0.3 is 20.9 Å². The highest BCUT2D eigenvalue weighted by Crippen LogP contribution is 2.26. The van der Waals surface area contributed by atoms with Crippen LogP contribution in [0.3, 0.4) is 0 Å². The van der Waals surface area contributed by atoms with E-state index in [1.54, 1.807) is 0 Å². The summed E-state index contributed by atoms with van der Waals surface area (Å²) in [5.41, 5.74) is 5.27. The number of primary amides is 1. The molecule has 3 unspecified atom stereocenters. The van der Waals surface area contributed by atoms with Gasteiger partial charge in [-0.15, -0.1) is 0 Å². The van der Waals surface area contributed by atoms with E-state index < -0.39 is 0 Å². The predicted molar refractivity (Wildman–Crippen MR) is 56.8 cm³/mol. The van der Waals surface area contributed by atoms with Crippen LogP contribution >= 0.6 is 0 Å². The molecule has 6 heteroatoms. The van der Waals surface area contributed by atoms with Gasteiger partial charge in [-0.25, -0.2) is 0 Å². The third-order valence-corrected chi connectivity index (χ3v) is 2.98. The molecular formula is C10H18N2O4. The van der Waals surface area contributed by atoms with Crippen LogP contribution in [0.4, 0.5) is 0 Å². The standard InChI is InChI=1S/C9H16N2O2.CH2O2/c10-9(12)7-8-6(5-11-7)3-1-2-4-13-8;2-1-3/h6-8,11H,1-5H2,(H2,10,12);1H,(H,2,3). The molecule has 6 nitrogen and oxygen atoms in total. The van der Waals surface area contributed by atoms with Gasteiger partial charge in [-0.05, 0) is 18.8 Å². The van der Waals surface area contributed by atoms with E-state index in [4.69, 9.17) is 20.4 Å². The molecule has 2 fully saturated rings. The first-order chi connectivity index (χ1) is 7.70. The van der Waals surface area contributed by atoms with Gasteiger partial charge in [-0.2, -0.15) is 0 Å². The lowest BCUT2D eigenvalue weighted by Crippen LogP contribution is -2.44. The lowest BCUT2D eigenvalue weighted by atomic mass is 9.97. The van der Waals surface area contributed by atoms with Crippen LogP contribution in [0.15, 0.2) is 0 Å². The minimum absolute atomic E-state index is 0.0278. The van der Waals surface area contributed by atoms with Crippen molar-refractivity contribution in [3.8, 4) is 0 Å². The minimum atomic E-state index is -0.283. The van der Waals surface area contributed by atoms with Gasteiger partial charge in [0.05, 0.1) is 6.10 Å². The zero-order valence-electron chi connectivity index (χ0n) is 9.09. The average Bonchev–Trinajstić information content (AvgIpc) is 2.50. The van der Waals surface area contributed by atoms with Crippen molar-refractivity contribution in [2.75, 3.05) is 13.2 Å². The molecule has 0 spiro atoms. The van der Waals surface area contributed by atoms with Gasteiger partial charge in [0.25, 0.3) is 6.47 Å². The first kappa shape index (κ1) is 12.9. The lowest BCUT2D eigenvalue weighted by Gasteiger charge is -2.19. The zero-order valence-corrected chi connectivity index (χ0v) is 9.09. The van der Waals surface area contributed by atoms with Gasteiger partial charge in [0.2, 0.25) is 5.91 Å². The van der Waals surface area contributed by atoms with E-state index in [0.29, 0.717) is 5.92 Å². The predicted octanol–water partition coefficient (Wildman–Crippen LogP) is -0.670. The van der Waals surface area contributed by atoms with Crippen LogP contribution in [0, 0.1) is 5.92 Å². The van der Waals surface area contributed by atoms with Crippen LogP contribution in [0.5, 0.6) is 0 Å². The number of hydrogen-bond donors (Lipinski definition) is 3. The summed E-state index contributed by atoms with van der Waals surface area (Å²) in [6.45, 7) is 1.39. The highest BCUT2D eigenvalue weighted by Gasteiger charge is 2.40. The molecule has 2 rings (SSSR count). The summed E-state index contributed by atoms with van der Waals surface area (Å²) in [5, 5.41) is 10.0. The summed E-state index contributed by atoms with van der Waals surface area (Å²) >= 11 is 0. The topological polar surface area (TPSA) is 102 Å². The van der Waals surface area contributed by atoms with Crippen molar-refractivity contribution in [2.24, 2.45) is 11.7 Å². The largest absolute Gasteiger partial charge is 0.483 e. The van der Waals surface area contributed by atoms with Crippen LogP contribution in [-0.2, 0) is 14.3 Å². The van der Waals surface area contributed by atoms with E-state index in [0.717, 1.165) is 26.0 Å². The van der Waals surface area contributed by atoms with Crippen molar-refractivity contribution >= 4 is 12.4 Å². The normalized spacial score (nSPS) is 32.9.